The lowest BCUT2D eigenvalue weighted by atomic mass is 10.0. The van der Waals surface area contributed by atoms with Crippen LogP contribution in [0.4, 0.5) is 0 Å². The van der Waals surface area contributed by atoms with E-state index in [4.69, 9.17) is 4.74 Å². The van der Waals surface area contributed by atoms with Gasteiger partial charge in [-0.25, -0.2) is 4.79 Å². The zero-order valence-electron chi connectivity index (χ0n) is 16.5. The SMILES string of the molecule is CC(C)[C@@H](NC(=O)Cc1ccccc1)C(=O)OCc1cn2ccccc2c1C#N. The molecule has 148 valence electrons. The van der Waals surface area contributed by atoms with Crippen LogP contribution < -0.4 is 5.32 Å². The standard InChI is InChI=1S/C23H23N3O3/c1-16(2)22(25-21(27)12-17-8-4-3-5-9-17)23(28)29-15-18-14-26-11-7-6-10-20(26)19(18)13-24/h3-11,14,16,22H,12,15H2,1-2H3,(H,25,27)/t22-/m1/s1. The van der Waals surface area contributed by atoms with Crippen LogP contribution in [0.3, 0.4) is 0 Å². The van der Waals surface area contributed by atoms with Gasteiger partial charge in [0.05, 0.1) is 17.5 Å². The number of nitrogens with zero attached hydrogens (tertiary/aromatic N) is 2. The lowest BCUT2D eigenvalue weighted by molar-refractivity contribution is -0.150. The molecule has 0 saturated carbocycles. The number of carbonyl (C=O) groups is 2. The molecular formula is C23H23N3O3. The second-order valence-electron chi connectivity index (χ2n) is 7.19. The highest BCUT2D eigenvalue weighted by atomic mass is 16.5. The molecule has 0 fully saturated rings. The Morgan fingerprint density at radius 2 is 1.86 bits per heavy atom. The summed E-state index contributed by atoms with van der Waals surface area (Å²) >= 11 is 0. The first-order valence-corrected chi connectivity index (χ1v) is 9.48. The van der Waals surface area contributed by atoms with Crippen molar-refractivity contribution in [3.8, 4) is 6.07 Å². The molecule has 0 unspecified atom stereocenters. The summed E-state index contributed by atoms with van der Waals surface area (Å²) in [5.41, 5.74) is 2.75. The van der Waals surface area contributed by atoms with Gasteiger partial charge in [0.1, 0.15) is 18.7 Å². The number of rotatable bonds is 7. The highest BCUT2D eigenvalue weighted by Gasteiger charge is 2.26. The van der Waals surface area contributed by atoms with Crippen molar-refractivity contribution in [1.82, 2.24) is 9.72 Å². The molecule has 1 aromatic carbocycles. The van der Waals surface area contributed by atoms with E-state index in [9.17, 15) is 14.9 Å². The summed E-state index contributed by atoms with van der Waals surface area (Å²) in [4.78, 5) is 25.0. The number of carbonyl (C=O) groups excluding carboxylic acids is 2. The molecule has 1 amide bonds. The quantitative estimate of drug-likeness (QED) is 0.629. The number of benzene rings is 1. The summed E-state index contributed by atoms with van der Waals surface area (Å²) < 4.78 is 7.28. The van der Waals surface area contributed by atoms with E-state index in [1.807, 2.05) is 73.0 Å². The largest absolute Gasteiger partial charge is 0.459 e. The lowest BCUT2D eigenvalue weighted by Gasteiger charge is -2.21. The topological polar surface area (TPSA) is 83.6 Å². The molecule has 29 heavy (non-hydrogen) atoms. The first-order chi connectivity index (χ1) is 14.0. The fourth-order valence-corrected chi connectivity index (χ4v) is 3.16. The zero-order chi connectivity index (χ0) is 20.8. The molecule has 0 bridgehead atoms. The van der Waals surface area contributed by atoms with Crippen molar-refractivity contribution in [3.05, 3.63) is 77.6 Å². The number of fused-ring (bicyclic) bond motifs is 1. The van der Waals surface area contributed by atoms with Gasteiger partial charge in [0, 0.05) is 18.0 Å². The van der Waals surface area contributed by atoms with E-state index in [0.717, 1.165) is 11.1 Å². The summed E-state index contributed by atoms with van der Waals surface area (Å²) in [6.45, 7) is 3.67. The Kier molecular flexibility index (Phi) is 6.30. The second-order valence-corrected chi connectivity index (χ2v) is 7.19. The van der Waals surface area contributed by atoms with Gasteiger partial charge < -0.3 is 14.5 Å². The maximum absolute atomic E-state index is 12.6. The van der Waals surface area contributed by atoms with Crippen LogP contribution in [0.25, 0.3) is 5.52 Å². The van der Waals surface area contributed by atoms with Crippen molar-refractivity contribution in [1.29, 1.82) is 5.26 Å². The van der Waals surface area contributed by atoms with Crippen molar-refractivity contribution < 1.29 is 14.3 Å². The number of hydrogen-bond acceptors (Lipinski definition) is 4. The fraction of sp³-hybridized carbons (Fsp3) is 0.261. The number of nitrogens with one attached hydrogen (secondary N) is 1. The maximum Gasteiger partial charge on any atom is 0.329 e. The number of amides is 1. The van der Waals surface area contributed by atoms with Crippen LogP contribution in [0, 0.1) is 17.2 Å². The van der Waals surface area contributed by atoms with Gasteiger partial charge in [0.15, 0.2) is 0 Å². The zero-order valence-corrected chi connectivity index (χ0v) is 16.5. The van der Waals surface area contributed by atoms with Crippen molar-refractivity contribution >= 4 is 17.4 Å². The average Bonchev–Trinajstić information content (AvgIpc) is 3.08. The Labute approximate surface area is 169 Å². The van der Waals surface area contributed by atoms with Crippen LogP contribution in [0.2, 0.25) is 0 Å². The molecule has 3 rings (SSSR count). The smallest absolute Gasteiger partial charge is 0.329 e. The molecule has 0 saturated heterocycles. The Morgan fingerprint density at radius 3 is 2.55 bits per heavy atom. The van der Waals surface area contributed by atoms with Gasteiger partial charge in [0.2, 0.25) is 5.91 Å². The second kappa shape index (κ2) is 9.07. The third-order valence-electron chi connectivity index (χ3n) is 4.69. The molecule has 0 radical (unpaired) electrons. The van der Waals surface area contributed by atoms with E-state index in [2.05, 4.69) is 11.4 Å². The van der Waals surface area contributed by atoms with Crippen LogP contribution in [0.15, 0.2) is 60.9 Å². The number of pyridine rings is 1. The Morgan fingerprint density at radius 1 is 1.14 bits per heavy atom. The molecule has 1 atom stereocenters. The van der Waals surface area contributed by atoms with Crippen molar-refractivity contribution in [3.63, 3.8) is 0 Å². The third kappa shape index (κ3) is 4.82. The molecular weight excluding hydrogens is 366 g/mol. The minimum atomic E-state index is -0.756. The number of esters is 1. The molecule has 0 spiro atoms. The molecule has 3 aromatic rings. The van der Waals surface area contributed by atoms with Gasteiger partial charge >= 0.3 is 5.97 Å². The van der Waals surface area contributed by atoms with Gasteiger partial charge in [0.25, 0.3) is 0 Å². The molecule has 2 aromatic heterocycles. The van der Waals surface area contributed by atoms with Crippen LogP contribution in [0.1, 0.15) is 30.5 Å². The highest BCUT2D eigenvalue weighted by molar-refractivity contribution is 5.85. The minimum absolute atomic E-state index is 0.0266. The third-order valence-corrected chi connectivity index (χ3v) is 4.69. The van der Waals surface area contributed by atoms with Crippen LogP contribution >= 0.6 is 0 Å². The number of aromatic nitrogens is 1. The molecule has 0 aliphatic rings. The van der Waals surface area contributed by atoms with Gasteiger partial charge in [-0.15, -0.1) is 0 Å². The maximum atomic E-state index is 12.6. The van der Waals surface area contributed by atoms with Crippen LogP contribution in [-0.2, 0) is 27.4 Å². The van der Waals surface area contributed by atoms with Gasteiger partial charge in [-0.3, -0.25) is 4.79 Å². The Balaban J connectivity index is 1.66. The normalized spacial score (nSPS) is 11.8. The van der Waals surface area contributed by atoms with Crippen molar-refractivity contribution in [2.75, 3.05) is 0 Å². The van der Waals surface area contributed by atoms with Crippen LogP contribution in [-0.4, -0.2) is 22.3 Å². The first kappa shape index (κ1) is 20.2. The van der Waals surface area contributed by atoms with E-state index in [-0.39, 0.29) is 24.9 Å². The molecule has 1 N–H and O–H groups in total. The van der Waals surface area contributed by atoms with Crippen molar-refractivity contribution in [2.45, 2.75) is 32.9 Å². The van der Waals surface area contributed by atoms with E-state index in [0.29, 0.717) is 11.1 Å². The van der Waals surface area contributed by atoms with E-state index >= 15 is 0 Å². The van der Waals surface area contributed by atoms with Gasteiger partial charge in [-0.1, -0.05) is 50.2 Å². The summed E-state index contributed by atoms with van der Waals surface area (Å²) in [6, 6.07) is 16.3. The predicted octanol–water partition coefficient (Wildman–Crippen LogP) is 3.24. The van der Waals surface area contributed by atoms with Crippen molar-refractivity contribution in [2.24, 2.45) is 5.92 Å². The molecule has 0 aliphatic heterocycles. The summed E-state index contributed by atoms with van der Waals surface area (Å²) in [6.07, 6.45) is 3.81. The summed E-state index contributed by atoms with van der Waals surface area (Å²) in [5, 5.41) is 12.2. The van der Waals surface area contributed by atoms with Gasteiger partial charge in [-0.2, -0.15) is 5.26 Å². The average molecular weight is 389 g/mol. The minimum Gasteiger partial charge on any atom is -0.459 e. The Hall–Kier alpha value is -3.59. The molecule has 0 aliphatic carbocycles. The number of nitriles is 1. The lowest BCUT2D eigenvalue weighted by Crippen LogP contribution is -2.45. The fourth-order valence-electron chi connectivity index (χ4n) is 3.16. The monoisotopic (exact) mass is 389 g/mol. The molecule has 6 nitrogen and oxygen atoms in total. The predicted molar refractivity (Wildman–Crippen MR) is 109 cm³/mol. The van der Waals surface area contributed by atoms with E-state index < -0.39 is 12.0 Å². The highest BCUT2D eigenvalue weighted by Crippen LogP contribution is 2.19. The molecule has 2 heterocycles. The van der Waals surface area contributed by atoms with E-state index in [1.165, 1.54) is 0 Å². The van der Waals surface area contributed by atoms with Crippen LogP contribution in [0.5, 0.6) is 0 Å². The number of ether oxygens (including phenoxy) is 1. The first-order valence-electron chi connectivity index (χ1n) is 9.48. The van der Waals surface area contributed by atoms with E-state index in [1.54, 1.807) is 6.20 Å². The van der Waals surface area contributed by atoms with Gasteiger partial charge in [-0.05, 0) is 23.6 Å². The molecule has 6 heteroatoms. The summed E-state index contributed by atoms with van der Waals surface area (Å²) in [7, 11) is 0. The Bertz CT molecular complexity index is 1050. The number of hydrogen-bond donors (Lipinski definition) is 1. The summed E-state index contributed by atoms with van der Waals surface area (Å²) in [5.74, 6) is -0.884.